The maximum absolute atomic E-state index is 11.8. The third kappa shape index (κ3) is 5.57. The third-order valence-electron chi connectivity index (χ3n) is 3.48. The van der Waals surface area contributed by atoms with Gasteiger partial charge >= 0.3 is 0 Å². The zero-order valence-corrected chi connectivity index (χ0v) is 17.3. The number of hydrogen-bond acceptors (Lipinski definition) is 4. The second kappa shape index (κ2) is 9.01. The van der Waals surface area contributed by atoms with Gasteiger partial charge in [-0.2, -0.15) is 5.10 Å². The molecule has 0 aliphatic rings. The summed E-state index contributed by atoms with van der Waals surface area (Å²) in [6.45, 7) is 3.92. The fourth-order valence-corrected chi connectivity index (χ4v) is 3.56. The van der Waals surface area contributed by atoms with Crippen LogP contribution in [-0.4, -0.2) is 25.8 Å². The fourth-order valence-electron chi connectivity index (χ4n) is 2.01. The molecule has 0 spiro atoms. The molecule has 132 valence electrons. The van der Waals surface area contributed by atoms with Gasteiger partial charge in [-0.1, -0.05) is 6.07 Å². The molecule has 0 bridgehead atoms. The number of aryl methyl sites for hydroxylation is 2. The molecule has 1 amide bonds. The molecule has 0 atom stereocenters. The van der Waals surface area contributed by atoms with Crippen molar-refractivity contribution in [2.24, 2.45) is 5.10 Å². The number of nitrogens with one attached hydrogen (secondary N) is 1. The van der Waals surface area contributed by atoms with Crippen LogP contribution in [0.15, 0.2) is 44.4 Å². The van der Waals surface area contributed by atoms with E-state index in [0.717, 1.165) is 20.1 Å². The van der Waals surface area contributed by atoms with Gasteiger partial charge in [0.25, 0.3) is 5.91 Å². The number of halogens is 2. The molecule has 0 aliphatic heterocycles. The highest BCUT2D eigenvalue weighted by Crippen LogP contribution is 2.33. The summed E-state index contributed by atoms with van der Waals surface area (Å²) >= 11 is 6.83. The Hall–Kier alpha value is -1.86. The van der Waals surface area contributed by atoms with Crippen LogP contribution in [0.2, 0.25) is 0 Å². The van der Waals surface area contributed by atoms with Crippen LogP contribution in [0.4, 0.5) is 0 Å². The molecule has 0 heterocycles. The maximum atomic E-state index is 11.8. The van der Waals surface area contributed by atoms with E-state index < -0.39 is 0 Å². The van der Waals surface area contributed by atoms with Crippen molar-refractivity contribution >= 4 is 44.0 Å². The van der Waals surface area contributed by atoms with Gasteiger partial charge in [0.1, 0.15) is 11.5 Å². The summed E-state index contributed by atoms with van der Waals surface area (Å²) in [5, 5.41) is 3.94. The van der Waals surface area contributed by atoms with Gasteiger partial charge in [-0.05, 0) is 86.7 Å². The highest BCUT2D eigenvalue weighted by atomic mass is 79.9. The Labute approximate surface area is 163 Å². The first-order chi connectivity index (χ1) is 11.9. The number of ether oxygens (including phenoxy) is 2. The highest BCUT2D eigenvalue weighted by molar-refractivity contribution is 9.11. The van der Waals surface area contributed by atoms with Crippen molar-refractivity contribution < 1.29 is 14.3 Å². The van der Waals surface area contributed by atoms with Crippen LogP contribution in [0.1, 0.15) is 16.7 Å². The van der Waals surface area contributed by atoms with E-state index in [0.29, 0.717) is 11.5 Å². The van der Waals surface area contributed by atoms with Crippen LogP contribution in [-0.2, 0) is 4.79 Å². The number of rotatable bonds is 6. The number of benzene rings is 2. The van der Waals surface area contributed by atoms with Gasteiger partial charge in [-0.15, -0.1) is 0 Å². The van der Waals surface area contributed by atoms with E-state index in [4.69, 9.17) is 9.47 Å². The van der Waals surface area contributed by atoms with Gasteiger partial charge in [0.15, 0.2) is 6.61 Å². The molecule has 0 unspecified atom stereocenters. The van der Waals surface area contributed by atoms with Crippen LogP contribution in [0, 0.1) is 13.8 Å². The van der Waals surface area contributed by atoms with Gasteiger partial charge < -0.3 is 9.47 Å². The van der Waals surface area contributed by atoms with Crippen molar-refractivity contribution in [3.63, 3.8) is 0 Å². The quantitative estimate of drug-likeness (QED) is 0.504. The Morgan fingerprint density at radius 1 is 1.16 bits per heavy atom. The molecule has 7 heteroatoms. The van der Waals surface area contributed by atoms with E-state index in [-0.39, 0.29) is 12.5 Å². The molecular weight excluding hydrogens is 452 g/mol. The van der Waals surface area contributed by atoms with Crippen LogP contribution in [0.25, 0.3) is 0 Å². The Balaban J connectivity index is 1.89. The summed E-state index contributed by atoms with van der Waals surface area (Å²) in [7, 11) is 1.59. The molecule has 2 aromatic rings. The van der Waals surface area contributed by atoms with Gasteiger partial charge in [0, 0.05) is 0 Å². The van der Waals surface area contributed by atoms with E-state index in [1.165, 1.54) is 5.56 Å². The lowest BCUT2D eigenvalue weighted by atomic mass is 10.1. The van der Waals surface area contributed by atoms with E-state index in [1.807, 2.05) is 44.2 Å². The number of nitrogens with zero attached hydrogens (tertiary/aromatic N) is 1. The topological polar surface area (TPSA) is 59.9 Å². The van der Waals surface area contributed by atoms with E-state index in [2.05, 4.69) is 42.4 Å². The molecule has 0 saturated heterocycles. The first kappa shape index (κ1) is 19.5. The molecular formula is C18H18Br2N2O3. The van der Waals surface area contributed by atoms with Crippen LogP contribution in [0.3, 0.4) is 0 Å². The van der Waals surface area contributed by atoms with Crippen LogP contribution >= 0.6 is 31.9 Å². The molecule has 0 radical (unpaired) electrons. The number of methoxy groups -OCH3 is 1. The van der Waals surface area contributed by atoms with Crippen LogP contribution < -0.4 is 14.9 Å². The van der Waals surface area contributed by atoms with Crippen molar-refractivity contribution in [3.8, 4) is 11.5 Å². The van der Waals surface area contributed by atoms with Crippen molar-refractivity contribution in [1.82, 2.24) is 5.43 Å². The smallest absolute Gasteiger partial charge is 0.277 e. The summed E-state index contributed by atoms with van der Waals surface area (Å²) in [6, 6.07) is 9.37. The van der Waals surface area contributed by atoms with Crippen molar-refractivity contribution in [3.05, 3.63) is 56.0 Å². The lowest BCUT2D eigenvalue weighted by molar-refractivity contribution is -0.123. The minimum absolute atomic E-state index is 0.101. The summed E-state index contributed by atoms with van der Waals surface area (Å²) < 4.78 is 12.3. The summed E-state index contributed by atoms with van der Waals surface area (Å²) in [4.78, 5) is 11.8. The largest absolute Gasteiger partial charge is 0.494 e. The summed E-state index contributed by atoms with van der Waals surface area (Å²) in [5.41, 5.74) is 5.54. The average Bonchev–Trinajstić information content (AvgIpc) is 2.56. The van der Waals surface area contributed by atoms with Gasteiger partial charge in [0.05, 0.1) is 22.3 Å². The Kier molecular flexibility index (Phi) is 7.01. The van der Waals surface area contributed by atoms with Crippen LogP contribution in [0.5, 0.6) is 11.5 Å². The Bertz CT molecular complexity index is 784. The lowest BCUT2D eigenvalue weighted by Crippen LogP contribution is -2.24. The normalized spacial score (nSPS) is 10.8. The van der Waals surface area contributed by atoms with E-state index in [1.54, 1.807) is 13.3 Å². The molecule has 1 N–H and O–H groups in total. The number of carbonyl (C=O) groups is 1. The Morgan fingerprint density at radius 3 is 2.44 bits per heavy atom. The standard InChI is InChI=1S/C18H18Br2N2O3/c1-11-4-5-14(6-12(11)2)25-10-17(23)22-21-9-13-7-15(19)18(24-3)16(20)8-13/h4-9H,10H2,1-3H3,(H,22,23). The second-order valence-electron chi connectivity index (χ2n) is 5.35. The maximum Gasteiger partial charge on any atom is 0.277 e. The fraction of sp³-hybridized carbons (Fsp3) is 0.222. The first-order valence-corrected chi connectivity index (χ1v) is 9.04. The predicted molar refractivity (Wildman–Crippen MR) is 106 cm³/mol. The average molecular weight is 470 g/mol. The minimum Gasteiger partial charge on any atom is -0.494 e. The van der Waals surface area contributed by atoms with Gasteiger partial charge in [-0.25, -0.2) is 5.43 Å². The number of hydrazone groups is 1. The monoisotopic (exact) mass is 468 g/mol. The zero-order chi connectivity index (χ0) is 18.4. The molecule has 25 heavy (non-hydrogen) atoms. The van der Waals surface area contributed by atoms with Crippen molar-refractivity contribution in [2.45, 2.75) is 13.8 Å². The third-order valence-corrected chi connectivity index (χ3v) is 4.65. The molecule has 0 saturated carbocycles. The molecule has 5 nitrogen and oxygen atoms in total. The van der Waals surface area contributed by atoms with E-state index in [9.17, 15) is 4.79 Å². The molecule has 0 aliphatic carbocycles. The number of carbonyl (C=O) groups excluding carboxylic acids is 1. The van der Waals surface area contributed by atoms with Gasteiger partial charge in [-0.3, -0.25) is 4.79 Å². The van der Waals surface area contributed by atoms with Crippen molar-refractivity contribution in [2.75, 3.05) is 13.7 Å². The lowest BCUT2D eigenvalue weighted by Gasteiger charge is -2.08. The molecule has 0 fully saturated rings. The summed E-state index contributed by atoms with van der Waals surface area (Å²) in [6.07, 6.45) is 1.54. The second-order valence-corrected chi connectivity index (χ2v) is 7.05. The first-order valence-electron chi connectivity index (χ1n) is 7.45. The minimum atomic E-state index is -0.332. The number of amides is 1. The zero-order valence-electron chi connectivity index (χ0n) is 14.1. The SMILES string of the molecule is COc1c(Br)cc(C=NNC(=O)COc2ccc(C)c(C)c2)cc1Br. The Morgan fingerprint density at radius 2 is 1.84 bits per heavy atom. The highest BCUT2D eigenvalue weighted by Gasteiger charge is 2.07. The molecule has 2 aromatic carbocycles. The predicted octanol–water partition coefficient (Wildman–Crippen LogP) is 4.37. The van der Waals surface area contributed by atoms with Crippen molar-refractivity contribution in [1.29, 1.82) is 0 Å². The molecule has 0 aromatic heterocycles. The van der Waals surface area contributed by atoms with E-state index >= 15 is 0 Å². The number of hydrogen-bond donors (Lipinski definition) is 1. The van der Waals surface area contributed by atoms with Gasteiger partial charge in [0.2, 0.25) is 0 Å². The summed E-state index contributed by atoms with van der Waals surface area (Å²) in [5.74, 6) is 1.02. The molecule has 2 rings (SSSR count).